The van der Waals surface area contributed by atoms with Gasteiger partial charge in [0.15, 0.2) is 0 Å². The van der Waals surface area contributed by atoms with E-state index in [0.29, 0.717) is 24.1 Å². The van der Waals surface area contributed by atoms with Crippen LogP contribution in [0.1, 0.15) is 6.92 Å². The largest absolute Gasteiger partial charge is 0.481 e. The molecule has 16 heavy (non-hydrogen) atoms. The highest BCUT2D eigenvalue weighted by atomic mass is 35.5. The van der Waals surface area contributed by atoms with Crippen LogP contribution in [0.25, 0.3) is 0 Å². The number of hydrogen-bond donors (Lipinski definition) is 1. The number of aromatic nitrogens is 2. The Morgan fingerprint density at radius 1 is 1.56 bits per heavy atom. The Bertz CT molecular complexity index is 413. The van der Waals surface area contributed by atoms with Crippen molar-refractivity contribution in [2.24, 2.45) is 11.8 Å². The van der Waals surface area contributed by atoms with E-state index in [1.807, 2.05) is 11.8 Å². The second kappa shape index (κ2) is 4.25. The first-order valence-corrected chi connectivity index (χ1v) is 5.41. The molecule has 0 aromatic carbocycles. The van der Waals surface area contributed by atoms with Gasteiger partial charge in [-0.2, -0.15) is 0 Å². The lowest BCUT2D eigenvalue weighted by Gasteiger charge is -2.16. The highest BCUT2D eigenvalue weighted by Crippen LogP contribution is 2.27. The van der Waals surface area contributed by atoms with Crippen molar-refractivity contribution in [3.8, 4) is 0 Å². The molecule has 1 saturated heterocycles. The summed E-state index contributed by atoms with van der Waals surface area (Å²) >= 11 is 5.74. The topological polar surface area (TPSA) is 66.3 Å². The van der Waals surface area contributed by atoms with E-state index in [1.165, 1.54) is 6.20 Å². The third-order valence-electron chi connectivity index (χ3n) is 2.85. The predicted octanol–water partition coefficient (Wildman–Crippen LogP) is 1.29. The van der Waals surface area contributed by atoms with Crippen molar-refractivity contribution in [3.63, 3.8) is 0 Å². The highest BCUT2D eigenvalue weighted by Gasteiger charge is 2.35. The lowest BCUT2D eigenvalue weighted by molar-refractivity contribution is -0.142. The summed E-state index contributed by atoms with van der Waals surface area (Å²) in [6.07, 6.45) is 3.06. The molecule has 1 aromatic rings. The lowest BCUT2D eigenvalue weighted by atomic mass is 9.99. The SMILES string of the molecule is C[C@@H]1CN(c2cncc(Cl)n2)C[C@H]1C(=O)O. The van der Waals surface area contributed by atoms with E-state index in [9.17, 15) is 4.79 Å². The Balaban J connectivity index is 2.16. The number of carboxylic acid groups (broad SMARTS) is 1. The zero-order valence-electron chi connectivity index (χ0n) is 8.80. The first-order chi connectivity index (χ1) is 7.58. The van der Waals surface area contributed by atoms with Crippen LogP contribution in [0, 0.1) is 11.8 Å². The number of rotatable bonds is 2. The van der Waals surface area contributed by atoms with Gasteiger partial charge < -0.3 is 10.0 Å². The van der Waals surface area contributed by atoms with E-state index < -0.39 is 5.97 Å². The first kappa shape index (κ1) is 11.1. The van der Waals surface area contributed by atoms with Gasteiger partial charge in [-0.25, -0.2) is 4.98 Å². The second-order valence-corrected chi connectivity index (χ2v) is 4.41. The van der Waals surface area contributed by atoms with Gasteiger partial charge in [0.1, 0.15) is 11.0 Å². The standard InChI is InChI=1S/C10H12ClN3O2/c1-6-4-14(5-7(6)10(15)16)9-3-12-2-8(11)13-9/h2-3,6-7H,4-5H2,1H3,(H,15,16)/t6-,7-/m1/s1. The van der Waals surface area contributed by atoms with Gasteiger partial charge in [-0.05, 0) is 5.92 Å². The summed E-state index contributed by atoms with van der Waals surface area (Å²) in [5, 5.41) is 9.34. The zero-order chi connectivity index (χ0) is 11.7. The van der Waals surface area contributed by atoms with Crippen molar-refractivity contribution in [1.29, 1.82) is 0 Å². The molecule has 0 bridgehead atoms. The summed E-state index contributed by atoms with van der Waals surface area (Å²) < 4.78 is 0. The molecule has 1 fully saturated rings. The molecule has 0 radical (unpaired) electrons. The predicted molar refractivity (Wildman–Crippen MR) is 59.5 cm³/mol. The van der Waals surface area contributed by atoms with Crippen molar-refractivity contribution in [2.45, 2.75) is 6.92 Å². The average Bonchev–Trinajstić information content (AvgIpc) is 2.60. The molecule has 5 nitrogen and oxygen atoms in total. The number of halogens is 1. The molecule has 6 heteroatoms. The Hall–Kier alpha value is -1.36. The summed E-state index contributed by atoms with van der Waals surface area (Å²) in [6, 6.07) is 0. The van der Waals surface area contributed by atoms with Crippen molar-refractivity contribution in [3.05, 3.63) is 17.5 Å². The van der Waals surface area contributed by atoms with Gasteiger partial charge in [-0.15, -0.1) is 0 Å². The minimum atomic E-state index is -0.759. The maximum Gasteiger partial charge on any atom is 0.308 e. The van der Waals surface area contributed by atoms with E-state index in [0.717, 1.165) is 0 Å². The fraction of sp³-hybridized carbons (Fsp3) is 0.500. The smallest absolute Gasteiger partial charge is 0.308 e. The first-order valence-electron chi connectivity index (χ1n) is 5.03. The van der Waals surface area contributed by atoms with Gasteiger partial charge >= 0.3 is 5.97 Å². The molecular formula is C10H12ClN3O2. The number of hydrogen-bond acceptors (Lipinski definition) is 4. The van der Waals surface area contributed by atoms with Crippen LogP contribution in [0.5, 0.6) is 0 Å². The summed E-state index contributed by atoms with van der Waals surface area (Å²) in [5.41, 5.74) is 0. The van der Waals surface area contributed by atoms with E-state index in [4.69, 9.17) is 16.7 Å². The Labute approximate surface area is 98.1 Å². The fourth-order valence-electron chi connectivity index (χ4n) is 1.96. The molecule has 1 aliphatic rings. The molecule has 2 atom stereocenters. The van der Waals surface area contributed by atoms with Crippen LogP contribution in [0.4, 0.5) is 5.82 Å². The van der Waals surface area contributed by atoms with Gasteiger partial charge in [-0.3, -0.25) is 9.78 Å². The highest BCUT2D eigenvalue weighted by molar-refractivity contribution is 6.29. The molecule has 1 aliphatic heterocycles. The summed E-state index contributed by atoms with van der Waals surface area (Å²) in [4.78, 5) is 20.9. The maximum atomic E-state index is 11.0. The quantitative estimate of drug-likeness (QED) is 0.845. The van der Waals surface area contributed by atoms with Gasteiger partial charge in [0.05, 0.1) is 18.3 Å². The number of aliphatic carboxylic acids is 1. The van der Waals surface area contributed by atoms with Crippen LogP contribution >= 0.6 is 11.6 Å². The van der Waals surface area contributed by atoms with Gasteiger partial charge in [0.25, 0.3) is 0 Å². The third kappa shape index (κ3) is 2.09. The number of carboxylic acids is 1. The van der Waals surface area contributed by atoms with Gasteiger partial charge in [0, 0.05) is 13.1 Å². The van der Waals surface area contributed by atoms with Crippen molar-refractivity contribution >= 4 is 23.4 Å². The molecule has 0 aliphatic carbocycles. The number of carbonyl (C=O) groups is 1. The van der Waals surface area contributed by atoms with Crippen molar-refractivity contribution < 1.29 is 9.90 Å². The van der Waals surface area contributed by atoms with E-state index in [1.54, 1.807) is 6.20 Å². The van der Waals surface area contributed by atoms with Crippen LogP contribution in [0.15, 0.2) is 12.4 Å². The third-order valence-corrected chi connectivity index (χ3v) is 3.03. The number of nitrogens with zero attached hydrogens (tertiary/aromatic N) is 3. The molecule has 2 rings (SSSR count). The zero-order valence-corrected chi connectivity index (χ0v) is 9.55. The molecule has 0 spiro atoms. The summed E-state index contributed by atoms with van der Waals surface area (Å²) in [7, 11) is 0. The van der Waals surface area contributed by atoms with Crippen LogP contribution in [0.3, 0.4) is 0 Å². The van der Waals surface area contributed by atoms with Crippen LogP contribution < -0.4 is 4.90 Å². The van der Waals surface area contributed by atoms with Gasteiger partial charge in [0.2, 0.25) is 0 Å². The molecular weight excluding hydrogens is 230 g/mol. The van der Waals surface area contributed by atoms with Gasteiger partial charge in [-0.1, -0.05) is 18.5 Å². The molecule has 0 saturated carbocycles. The normalized spacial score (nSPS) is 24.8. The van der Waals surface area contributed by atoms with E-state index >= 15 is 0 Å². The molecule has 0 amide bonds. The monoisotopic (exact) mass is 241 g/mol. The van der Waals surface area contributed by atoms with Crippen LogP contribution in [-0.2, 0) is 4.79 Å². The second-order valence-electron chi connectivity index (χ2n) is 4.03. The van der Waals surface area contributed by atoms with Crippen LogP contribution in [0.2, 0.25) is 5.15 Å². The van der Waals surface area contributed by atoms with E-state index in [-0.39, 0.29) is 11.8 Å². The van der Waals surface area contributed by atoms with Crippen molar-refractivity contribution in [2.75, 3.05) is 18.0 Å². The van der Waals surface area contributed by atoms with Crippen molar-refractivity contribution in [1.82, 2.24) is 9.97 Å². The Kier molecular flexibility index (Phi) is 2.96. The van der Waals surface area contributed by atoms with E-state index in [2.05, 4.69) is 9.97 Å². The minimum absolute atomic E-state index is 0.110. The molecule has 1 aromatic heterocycles. The molecule has 2 heterocycles. The molecule has 1 N–H and O–H groups in total. The fourth-order valence-corrected chi connectivity index (χ4v) is 2.10. The average molecular weight is 242 g/mol. The molecule has 0 unspecified atom stereocenters. The lowest BCUT2D eigenvalue weighted by Crippen LogP contribution is -2.23. The molecule has 86 valence electrons. The Morgan fingerprint density at radius 3 is 2.88 bits per heavy atom. The number of anilines is 1. The Morgan fingerprint density at radius 2 is 2.31 bits per heavy atom. The maximum absolute atomic E-state index is 11.0. The van der Waals surface area contributed by atoms with Crippen LogP contribution in [-0.4, -0.2) is 34.1 Å². The summed E-state index contributed by atoms with van der Waals surface area (Å²) in [5.74, 6) is -0.354. The summed E-state index contributed by atoms with van der Waals surface area (Å²) in [6.45, 7) is 3.06. The minimum Gasteiger partial charge on any atom is -0.481 e.